The summed E-state index contributed by atoms with van der Waals surface area (Å²) in [5.74, 6) is 1.56. The van der Waals surface area contributed by atoms with Crippen molar-refractivity contribution in [3.8, 4) is 11.5 Å². The summed E-state index contributed by atoms with van der Waals surface area (Å²) in [6.07, 6.45) is 2.39. The van der Waals surface area contributed by atoms with E-state index >= 15 is 0 Å². The van der Waals surface area contributed by atoms with Crippen LogP contribution >= 0.6 is 0 Å². The minimum atomic E-state index is -0.0703. The molecule has 0 unspecified atom stereocenters. The SMILES string of the molecule is Cn1c(CCNC(=O)Cn2c(-c3ccccn3)nc3ccccc32)nc2ccccc21. The van der Waals surface area contributed by atoms with Crippen LogP contribution in [-0.2, 0) is 24.8 Å². The number of hydrogen-bond donors (Lipinski definition) is 1. The minimum absolute atomic E-state index is 0.0703. The number of hydrogen-bond acceptors (Lipinski definition) is 4. The third kappa shape index (κ3) is 3.66. The number of carbonyl (C=O) groups excluding carboxylic acids is 1. The predicted molar refractivity (Wildman–Crippen MR) is 120 cm³/mol. The molecule has 0 atom stereocenters. The monoisotopic (exact) mass is 410 g/mol. The maximum Gasteiger partial charge on any atom is 0.240 e. The molecule has 0 bridgehead atoms. The molecule has 0 fully saturated rings. The smallest absolute Gasteiger partial charge is 0.240 e. The maximum atomic E-state index is 12.8. The molecule has 7 nitrogen and oxygen atoms in total. The zero-order valence-corrected chi connectivity index (χ0v) is 17.2. The van der Waals surface area contributed by atoms with Gasteiger partial charge in [-0.25, -0.2) is 9.97 Å². The quantitative estimate of drug-likeness (QED) is 0.466. The second kappa shape index (κ2) is 8.02. The molecular formula is C24H22N6O. The number of para-hydroxylation sites is 4. The number of fused-ring (bicyclic) bond motifs is 2. The second-order valence-corrected chi connectivity index (χ2v) is 7.40. The number of nitrogens with zero attached hydrogens (tertiary/aromatic N) is 5. The van der Waals surface area contributed by atoms with Crippen LogP contribution in [0.15, 0.2) is 72.9 Å². The first kappa shape index (κ1) is 19.0. The van der Waals surface area contributed by atoms with Gasteiger partial charge in [0.1, 0.15) is 18.1 Å². The van der Waals surface area contributed by atoms with Gasteiger partial charge in [-0.2, -0.15) is 0 Å². The van der Waals surface area contributed by atoms with Crippen molar-refractivity contribution in [3.05, 3.63) is 78.8 Å². The molecule has 0 radical (unpaired) electrons. The van der Waals surface area contributed by atoms with Gasteiger partial charge in [0.25, 0.3) is 0 Å². The first-order valence-corrected chi connectivity index (χ1v) is 10.2. The van der Waals surface area contributed by atoms with Crippen LogP contribution in [0.1, 0.15) is 5.82 Å². The van der Waals surface area contributed by atoms with E-state index in [1.165, 1.54) is 0 Å². The number of aryl methyl sites for hydroxylation is 1. The molecule has 154 valence electrons. The van der Waals surface area contributed by atoms with Crippen molar-refractivity contribution in [2.75, 3.05) is 6.54 Å². The number of amides is 1. The molecule has 0 aliphatic rings. The highest BCUT2D eigenvalue weighted by atomic mass is 16.1. The molecule has 5 aromatic rings. The molecule has 0 aliphatic carbocycles. The zero-order valence-electron chi connectivity index (χ0n) is 17.2. The van der Waals surface area contributed by atoms with Crippen LogP contribution in [0.25, 0.3) is 33.6 Å². The standard InChI is InChI=1S/C24H22N6O/c1-29-20-11-4-2-8-17(20)27-22(29)13-15-26-23(31)16-30-21-12-5-3-9-18(21)28-24(30)19-10-6-7-14-25-19/h2-12,14H,13,15-16H2,1H3,(H,26,31). The van der Waals surface area contributed by atoms with Crippen molar-refractivity contribution < 1.29 is 4.79 Å². The molecule has 0 spiro atoms. The van der Waals surface area contributed by atoms with E-state index in [9.17, 15) is 4.79 Å². The van der Waals surface area contributed by atoms with Gasteiger partial charge in [0.05, 0.1) is 22.1 Å². The maximum absolute atomic E-state index is 12.8. The first-order valence-electron chi connectivity index (χ1n) is 10.2. The summed E-state index contributed by atoms with van der Waals surface area (Å²) in [4.78, 5) is 26.6. The van der Waals surface area contributed by atoms with Crippen LogP contribution < -0.4 is 5.32 Å². The number of benzene rings is 2. The summed E-state index contributed by atoms with van der Waals surface area (Å²) in [5, 5.41) is 3.02. The Hall–Kier alpha value is -4.00. The van der Waals surface area contributed by atoms with Crippen molar-refractivity contribution in [2.45, 2.75) is 13.0 Å². The average Bonchev–Trinajstić information content (AvgIpc) is 3.32. The predicted octanol–water partition coefficient (Wildman–Crippen LogP) is 3.34. The van der Waals surface area contributed by atoms with Gasteiger partial charge in [-0.05, 0) is 36.4 Å². The van der Waals surface area contributed by atoms with Crippen LogP contribution in [-0.4, -0.2) is 36.5 Å². The highest BCUT2D eigenvalue weighted by molar-refractivity contribution is 5.84. The van der Waals surface area contributed by atoms with Crippen molar-refractivity contribution in [1.82, 2.24) is 29.4 Å². The molecule has 0 saturated heterocycles. The Balaban J connectivity index is 1.33. The number of aromatic nitrogens is 5. The Morgan fingerprint density at radius 2 is 1.61 bits per heavy atom. The molecule has 3 aromatic heterocycles. The largest absolute Gasteiger partial charge is 0.354 e. The lowest BCUT2D eigenvalue weighted by molar-refractivity contribution is -0.121. The Bertz CT molecular complexity index is 1370. The number of pyridine rings is 1. The van der Waals surface area contributed by atoms with E-state index in [0.717, 1.165) is 33.6 Å². The van der Waals surface area contributed by atoms with E-state index in [1.807, 2.05) is 78.3 Å². The lowest BCUT2D eigenvalue weighted by Gasteiger charge is -2.10. The third-order valence-corrected chi connectivity index (χ3v) is 5.40. The van der Waals surface area contributed by atoms with Gasteiger partial charge < -0.3 is 14.5 Å². The van der Waals surface area contributed by atoms with Gasteiger partial charge in [0.2, 0.25) is 5.91 Å². The molecule has 1 amide bonds. The molecule has 0 saturated carbocycles. The molecular weight excluding hydrogens is 388 g/mol. The molecule has 0 aliphatic heterocycles. The summed E-state index contributed by atoms with van der Waals surface area (Å²) in [6, 6.07) is 21.5. The third-order valence-electron chi connectivity index (χ3n) is 5.40. The van der Waals surface area contributed by atoms with Crippen LogP contribution in [0.5, 0.6) is 0 Å². The van der Waals surface area contributed by atoms with E-state index in [4.69, 9.17) is 4.98 Å². The van der Waals surface area contributed by atoms with E-state index in [-0.39, 0.29) is 12.5 Å². The molecule has 5 rings (SSSR count). The molecule has 2 aromatic carbocycles. The zero-order chi connectivity index (χ0) is 21.2. The lowest BCUT2D eigenvalue weighted by Crippen LogP contribution is -2.30. The Morgan fingerprint density at radius 1 is 0.903 bits per heavy atom. The number of rotatable bonds is 6. The van der Waals surface area contributed by atoms with Gasteiger partial charge in [-0.1, -0.05) is 30.3 Å². The topological polar surface area (TPSA) is 77.6 Å². The average molecular weight is 410 g/mol. The second-order valence-electron chi connectivity index (χ2n) is 7.40. The summed E-state index contributed by atoms with van der Waals surface area (Å²) in [6.45, 7) is 0.691. The van der Waals surface area contributed by atoms with Crippen molar-refractivity contribution in [2.24, 2.45) is 7.05 Å². The molecule has 7 heteroatoms. The first-order chi connectivity index (χ1) is 15.2. The fourth-order valence-electron chi connectivity index (χ4n) is 3.86. The van der Waals surface area contributed by atoms with Crippen molar-refractivity contribution in [1.29, 1.82) is 0 Å². The number of nitrogens with one attached hydrogen (secondary N) is 1. The Kier molecular flexibility index (Phi) is 4.92. The van der Waals surface area contributed by atoms with E-state index in [2.05, 4.69) is 19.9 Å². The van der Waals surface area contributed by atoms with E-state index in [1.54, 1.807) is 6.20 Å². The van der Waals surface area contributed by atoms with Gasteiger partial charge in [0.15, 0.2) is 5.82 Å². The van der Waals surface area contributed by atoms with Gasteiger partial charge in [-0.15, -0.1) is 0 Å². The summed E-state index contributed by atoms with van der Waals surface area (Å²) < 4.78 is 3.99. The summed E-state index contributed by atoms with van der Waals surface area (Å²) in [5.41, 5.74) is 4.56. The van der Waals surface area contributed by atoms with E-state index < -0.39 is 0 Å². The van der Waals surface area contributed by atoms with Crippen LogP contribution in [0.2, 0.25) is 0 Å². The molecule has 1 N–H and O–H groups in total. The highest BCUT2D eigenvalue weighted by Gasteiger charge is 2.16. The van der Waals surface area contributed by atoms with Crippen LogP contribution in [0.4, 0.5) is 0 Å². The van der Waals surface area contributed by atoms with Crippen molar-refractivity contribution in [3.63, 3.8) is 0 Å². The van der Waals surface area contributed by atoms with Crippen LogP contribution in [0, 0.1) is 0 Å². The minimum Gasteiger partial charge on any atom is -0.354 e. The molecule has 31 heavy (non-hydrogen) atoms. The Morgan fingerprint density at radius 3 is 2.35 bits per heavy atom. The van der Waals surface area contributed by atoms with Gasteiger partial charge in [-0.3, -0.25) is 9.78 Å². The lowest BCUT2D eigenvalue weighted by atomic mass is 10.3. The summed E-state index contributed by atoms with van der Waals surface area (Å²) in [7, 11) is 2.00. The van der Waals surface area contributed by atoms with E-state index in [0.29, 0.717) is 18.8 Å². The highest BCUT2D eigenvalue weighted by Crippen LogP contribution is 2.23. The fourth-order valence-corrected chi connectivity index (χ4v) is 3.86. The summed E-state index contributed by atoms with van der Waals surface area (Å²) >= 11 is 0. The van der Waals surface area contributed by atoms with Gasteiger partial charge in [0, 0.05) is 26.2 Å². The Labute approximate surface area is 179 Å². The normalized spacial score (nSPS) is 11.3. The number of imidazole rings is 2. The number of carbonyl (C=O) groups is 1. The van der Waals surface area contributed by atoms with Gasteiger partial charge >= 0.3 is 0 Å². The van der Waals surface area contributed by atoms with Crippen LogP contribution in [0.3, 0.4) is 0 Å². The van der Waals surface area contributed by atoms with Crippen molar-refractivity contribution >= 4 is 28.0 Å². The fraction of sp³-hybridized carbons (Fsp3) is 0.167. The molecule has 3 heterocycles.